The smallest absolute Gasteiger partial charge is 0.259 e. The van der Waals surface area contributed by atoms with E-state index >= 15 is 0 Å². The fourth-order valence-electron chi connectivity index (χ4n) is 2.55. The first kappa shape index (κ1) is 16.2. The van der Waals surface area contributed by atoms with Crippen LogP contribution in [0.15, 0.2) is 29.4 Å². The van der Waals surface area contributed by atoms with Gasteiger partial charge in [0.15, 0.2) is 0 Å². The lowest BCUT2D eigenvalue weighted by Crippen LogP contribution is -2.38. The third kappa shape index (κ3) is 5.31. The van der Waals surface area contributed by atoms with Gasteiger partial charge in [-0.1, -0.05) is 49.1 Å². The normalized spacial score (nSPS) is 15.7. The summed E-state index contributed by atoms with van der Waals surface area (Å²) >= 11 is 0. The van der Waals surface area contributed by atoms with E-state index in [0.29, 0.717) is 0 Å². The lowest BCUT2D eigenvalue weighted by Gasteiger charge is -2.20. The summed E-state index contributed by atoms with van der Waals surface area (Å²) in [6.45, 7) is 1.98. The molecular weight excluding hydrogens is 278 g/mol. The molecule has 0 radical (unpaired) electrons. The molecule has 0 saturated heterocycles. The Balaban J connectivity index is 1.69. The predicted molar refractivity (Wildman–Crippen MR) is 86.5 cm³/mol. The maximum absolute atomic E-state index is 11.9. The van der Waals surface area contributed by atoms with Crippen LogP contribution in [-0.2, 0) is 9.59 Å². The molecule has 0 aliphatic heterocycles. The van der Waals surface area contributed by atoms with E-state index in [4.69, 9.17) is 0 Å². The van der Waals surface area contributed by atoms with E-state index < -0.39 is 0 Å². The summed E-state index contributed by atoms with van der Waals surface area (Å²) in [6.07, 6.45) is 6.85. The van der Waals surface area contributed by atoms with Gasteiger partial charge in [0.05, 0.1) is 12.8 Å². The van der Waals surface area contributed by atoms with E-state index in [1.165, 1.54) is 12.0 Å². The summed E-state index contributed by atoms with van der Waals surface area (Å²) in [7, 11) is 0. The maximum Gasteiger partial charge on any atom is 0.259 e. The van der Waals surface area contributed by atoms with Crippen LogP contribution in [0.2, 0.25) is 0 Å². The zero-order chi connectivity index (χ0) is 15.8. The Kier molecular flexibility index (Phi) is 6.13. The predicted octanol–water partition coefficient (Wildman–Crippen LogP) is 2.14. The van der Waals surface area contributed by atoms with E-state index in [0.717, 1.165) is 31.2 Å². The molecule has 1 fully saturated rings. The number of aryl methyl sites for hydroxylation is 1. The molecule has 0 aromatic heterocycles. The minimum Gasteiger partial charge on any atom is -0.347 e. The Labute approximate surface area is 131 Å². The topological polar surface area (TPSA) is 70.6 Å². The quantitative estimate of drug-likeness (QED) is 0.646. The Morgan fingerprint density at radius 1 is 1.18 bits per heavy atom. The van der Waals surface area contributed by atoms with E-state index in [-0.39, 0.29) is 24.3 Å². The number of amides is 2. The van der Waals surface area contributed by atoms with Crippen LogP contribution >= 0.6 is 0 Å². The summed E-state index contributed by atoms with van der Waals surface area (Å²) < 4.78 is 0. The van der Waals surface area contributed by atoms with Crippen LogP contribution in [0.5, 0.6) is 0 Å². The van der Waals surface area contributed by atoms with Crippen LogP contribution in [0.3, 0.4) is 0 Å². The standard InChI is InChI=1S/C17H23N3O2/c1-13-7-9-14(10-8-13)11-19-20-16(21)12-18-17(22)15-5-3-2-4-6-15/h7-11,15H,2-6,12H2,1H3,(H,18,22)(H,20,21). The second kappa shape index (κ2) is 8.32. The zero-order valence-corrected chi connectivity index (χ0v) is 13.0. The molecule has 1 saturated carbocycles. The number of nitrogens with zero attached hydrogens (tertiary/aromatic N) is 1. The fraction of sp³-hybridized carbons (Fsp3) is 0.471. The summed E-state index contributed by atoms with van der Waals surface area (Å²) in [5.74, 6) is -0.262. The van der Waals surface area contributed by atoms with Crippen molar-refractivity contribution in [3.8, 4) is 0 Å². The van der Waals surface area contributed by atoms with Gasteiger partial charge in [0.2, 0.25) is 5.91 Å². The number of hydrogen-bond acceptors (Lipinski definition) is 3. The van der Waals surface area contributed by atoms with Crippen LogP contribution in [0.1, 0.15) is 43.2 Å². The first-order valence-corrected chi connectivity index (χ1v) is 7.81. The van der Waals surface area contributed by atoms with Gasteiger partial charge in [-0.2, -0.15) is 5.10 Å². The van der Waals surface area contributed by atoms with E-state index in [1.54, 1.807) is 6.21 Å². The lowest BCUT2D eigenvalue weighted by atomic mass is 9.89. The van der Waals surface area contributed by atoms with Crippen LogP contribution in [-0.4, -0.2) is 24.6 Å². The minimum absolute atomic E-state index is 0.0163. The molecule has 1 aromatic carbocycles. The van der Waals surface area contributed by atoms with Crippen molar-refractivity contribution in [2.45, 2.75) is 39.0 Å². The van der Waals surface area contributed by atoms with Gasteiger partial charge in [-0.25, -0.2) is 5.43 Å². The highest BCUT2D eigenvalue weighted by Crippen LogP contribution is 2.23. The Hall–Kier alpha value is -2.17. The van der Waals surface area contributed by atoms with Gasteiger partial charge in [-0.3, -0.25) is 9.59 Å². The van der Waals surface area contributed by atoms with Crippen molar-refractivity contribution in [2.24, 2.45) is 11.0 Å². The lowest BCUT2D eigenvalue weighted by molar-refractivity contribution is -0.129. The average Bonchev–Trinajstić information content (AvgIpc) is 2.55. The SMILES string of the molecule is Cc1ccc(C=NNC(=O)CNC(=O)C2CCCCC2)cc1. The summed E-state index contributed by atoms with van der Waals surface area (Å²) in [4.78, 5) is 23.5. The molecule has 22 heavy (non-hydrogen) atoms. The molecule has 0 unspecified atom stereocenters. The first-order valence-electron chi connectivity index (χ1n) is 7.81. The molecule has 5 nitrogen and oxygen atoms in total. The van der Waals surface area contributed by atoms with Crippen LogP contribution < -0.4 is 10.7 Å². The van der Waals surface area contributed by atoms with Crippen molar-refractivity contribution >= 4 is 18.0 Å². The zero-order valence-electron chi connectivity index (χ0n) is 13.0. The molecule has 2 N–H and O–H groups in total. The van der Waals surface area contributed by atoms with E-state index in [9.17, 15) is 9.59 Å². The van der Waals surface area contributed by atoms with Gasteiger partial charge in [-0.15, -0.1) is 0 Å². The van der Waals surface area contributed by atoms with Crippen molar-refractivity contribution in [3.05, 3.63) is 35.4 Å². The van der Waals surface area contributed by atoms with Crippen LogP contribution in [0, 0.1) is 12.8 Å². The molecule has 5 heteroatoms. The highest BCUT2D eigenvalue weighted by molar-refractivity contribution is 5.87. The van der Waals surface area contributed by atoms with E-state index in [2.05, 4.69) is 15.8 Å². The third-order valence-electron chi connectivity index (χ3n) is 3.88. The monoisotopic (exact) mass is 301 g/mol. The highest BCUT2D eigenvalue weighted by atomic mass is 16.2. The molecule has 2 rings (SSSR count). The van der Waals surface area contributed by atoms with Crippen molar-refractivity contribution in [3.63, 3.8) is 0 Å². The number of hydrazone groups is 1. The van der Waals surface area contributed by atoms with Gasteiger partial charge in [0.25, 0.3) is 5.91 Å². The molecule has 118 valence electrons. The summed E-state index contributed by atoms with van der Waals surface area (Å²) in [5.41, 5.74) is 4.51. The van der Waals surface area contributed by atoms with Crippen LogP contribution in [0.25, 0.3) is 0 Å². The molecule has 1 aliphatic rings. The Morgan fingerprint density at radius 2 is 1.86 bits per heavy atom. The summed E-state index contributed by atoms with van der Waals surface area (Å²) in [5, 5.41) is 6.57. The highest BCUT2D eigenvalue weighted by Gasteiger charge is 2.21. The fourth-order valence-corrected chi connectivity index (χ4v) is 2.55. The number of rotatable bonds is 5. The van der Waals surface area contributed by atoms with Crippen LogP contribution in [0.4, 0.5) is 0 Å². The van der Waals surface area contributed by atoms with Crippen molar-refractivity contribution in [1.29, 1.82) is 0 Å². The van der Waals surface area contributed by atoms with Crippen molar-refractivity contribution in [2.75, 3.05) is 6.54 Å². The second-order valence-electron chi connectivity index (χ2n) is 5.76. The molecule has 0 spiro atoms. The molecule has 1 aliphatic carbocycles. The van der Waals surface area contributed by atoms with Gasteiger partial charge in [-0.05, 0) is 25.3 Å². The average molecular weight is 301 g/mol. The van der Waals surface area contributed by atoms with Crippen molar-refractivity contribution in [1.82, 2.24) is 10.7 Å². The Bertz CT molecular complexity index is 531. The maximum atomic E-state index is 11.9. The molecule has 0 bridgehead atoms. The minimum atomic E-state index is -0.312. The van der Waals surface area contributed by atoms with E-state index in [1.807, 2.05) is 31.2 Å². The second-order valence-corrected chi connectivity index (χ2v) is 5.76. The largest absolute Gasteiger partial charge is 0.347 e. The van der Waals surface area contributed by atoms with Gasteiger partial charge >= 0.3 is 0 Å². The molecule has 1 aromatic rings. The third-order valence-corrected chi connectivity index (χ3v) is 3.88. The van der Waals surface area contributed by atoms with Gasteiger partial charge in [0, 0.05) is 5.92 Å². The molecule has 2 amide bonds. The number of carbonyl (C=O) groups excluding carboxylic acids is 2. The molecule has 0 atom stereocenters. The number of carbonyl (C=O) groups is 2. The number of hydrogen-bond donors (Lipinski definition) is 2. The number of benzene rings is 1. The summed E-state index contributed by atoms with van der Waals surface area (Å²) in [6, 6.07) is 7.81. The molecule has 0 heterocycles. The van der Waals surface area contributed by atoms with Gasteiger partial charge in [0.1, 0.15) is 0 Å². The molecular formula is C17H23N3O2. The van der Waals surface area contributed by atoms with Crippen molar-refractivity contribution < 1.29 is 9.59 Å². The number of nitrogens with one attached hydrogen (secondary N) is 2. The Morgan fingerprint density at radius 3 is 2.55 bits per heavy atom. The van der Waals surface area contributed by atoms with Gasteiger partial charge < -0.3 is 5.32 Å². The first-order chi connectivity index (χ1) is 10.6.